The van der Waals surface area contributed by atoms with E-state index in [0.717, 1.165) is 6.20 Å². The van der Waals surface area contributed by atoms with E-state index in [-0.39, 0.29) is 35.5 Å². The second-order valence-electron chi connectivity index (χ2n) is 7.22. The van der Waals surface area contributed by atoms with Gasteiger partial charge in [-0.25, -0.2) is 10.4 Å². The number of nitriles is 1. The van der Waals surface area contributed by atoms with Crippen molar-refractivity contribution in [1.82, 2.24) is 20.0 Å². The van der Waals surface area contributed by atoms with Gasteiger partial charge in [0.2, 0.25) is 11.1 Å². The van der Waals surface area contributed by atoms with Crippen LogP contribution in [0.2, 0.25) is 5.28 Å². The van der Waals surface area contributed by atoms with E-state index in [1.54, 1.807) is 25.1 Å². The van der Waals surface area contributed by atoms with E-state index in [1.165, 1.54) is 31.1 Å². The molecular formula is C23H20ClFN6O5. The Morgan fingerprint density at radius 1 is 1.33 bits per heavy atom. The van der Waals surface area contributed by atoms with Crippen molar-refractivity contribution in [2.75, 3.05) is 14.2 Å². The van der Waals surface area contributed by atoms with E-state index < -0.39 is 23.2 Å². The zero-order valence-electron chi connectivity index (χ0n) is 19.4. The van der Waals surface area contributed by atoms with Gasteiger partial charge in [0, 0.05) is 18.4 Å². The number of nitrogens with zero attached hydrogens (tertiary/aromatic N) is 5. The average molecular weight is 515 g/mol. The van der Waals surface area contributed by atoms with E-state index >= 15 is 0 Å². The third kappa shape index (κ3) is 6.21. The Bertz CT molecular complexity index is 1420. The Morgan fingerprint density at radius 3 is 2.81 bits per heavy atom. The monoisotopic (exact) mass is 514 g/mol. The highest BCUT2D eigenvalue weighted by Crippen LogP contribution is 2.32. The van der Waals surface area contributed by atoms with E-state index in [9.17, 15) is 19.2 Å². The van der Waals surface area contributed by atoms with Crippen molar-refractivity contribution in [3.05, 3.63) is 74.3 Å². The molecule has 0 bridgehead atoms. The molecule has 0 aliphatic rings. The lowest BCUT2D eigenvalue weighted by Gasteiger charge is -2.12. The smallest absolute Gasteiger partial charge is 0.269 e. The van der Waals surface area contributed by atoms with Crippen molar-refractivity contribution in [3.8, 4) is 23.4 Å². The van der Waals surface area contributed by atoms with Gasteiger partial charge in [-0.15, -0.1) is 0 Å². The maximum atomic E-state index is 14.0. The number of aromatic nitrogens is 3. The lowest BCUT2D eigenvalue weighted by atomic mass is 10.1. The minimum atomic E-state index is -0.826. The van der Waals surface area contributed by atoms with Crippen molar-refractivity contribution in [2.24, 2.45) is 5.10 Å². The zero-order chi connectivity index (χ0) is 26.2. The topological polar surface area (TPSA) is 141 Å². The van der Waals surface area contributed by atoms with Crippen LogP contribution in [-0.4, -0.2) is 40.9 Å². The number of carbonyl (C=O) groups excluding carboxylic acids is 1. The van der Waals surface area contributed by atoms with Crippen LogP contribution >= 0.6 is 11.6 Å². The number of benzene rings is 1. The first kappa shape index (κ1) is 26.3. The number of hydrogen-bond acceptors (Lipinski definition) is 9. The fraction of sp³-hybridized carbons (Fsp3) is 0.217. The highest BCUT2D eigenvalue weighted by Gasteiger charge is 2.15. The predicted octanol–water partition coefficient (Wildman–Crippen LogP) is 2.71. The Morgan fingerprint density at radius 2 is 2.11 bits per heavy atom. The lowest BCUT2D eigenvalue weighted by Crippen LogP contribution is -2.33. The number of pyridine rings is 1. The molecule has 0 spiro atoms. The molecule has 1 aromatic carbocycles. The van der Waals surface area contributed by atoms with Crippen molar-refractivity contribution in [3.63, 3.8) is 0 Å². The van der Waals surface area contributed by atoms with Crippen LogP contribution in [0.1, 0.15) is 22.4 Å². The quantitative estimate of drug-likeness (QED) is 0.261. The number of halogens is 2. The van der Waals surface area contributed by atoms with Gasteiger partial charge in [0.25, 0.3) is 17.3 Å². The molecule has 0 fully saturated rings. The van der Waals surface area contributed by atoms with Crippen molar-refractivity contribution < 1.29 is 23.4 Å². The molecule has 186 valence electrons. The summed E-state index contributed by atoms with van der Waals surface area (Å²) >= 11 is 5.70. The first-order chi connectivity index (χ1) is 17.3. The molecule has 11 nitrogen and oxygen atoms in total. The molecule has 1 amide bonds. The summed E-state index contributed by atoms with van der Waals surface area (Å²) in [6.07, 6.45) is 2.18. The van der Waals surface area contributed by atoms with Crippen LogP contribution in [0.15, 0.2) is 40.4 Å². The second-order valence-corrected chi connectivity index (χ2v) is 7.56. The Hall–Kier alpha value is -4.34. The minimum Gasteiger partial charge on any atom is -0.493 e. The first-order valence-corrected chi connectivity index (χ1v) is 10.6. The van der Waals surface area contributed by atoms with E-state index in [2.05, 4.69) is 20.5 Å². The van der Waals surface area contributed by atoms with Crippen molar-refractivity contribution in [2.45, 2.75) is 20.1 Å². The van der Waals surface area contributed by atoms with E-state index in [4.69, 9.17) is 25.8 Å². The Labute approximate surface area is 209 Å². The highest BCUT2D eigenvalue weighted by molar-refractivity contribution is 6.28. The van der Waals surface area contributed by atoms with Gasteiger partial charge in [-0.1, -0.05) is 0 Å². The number of aryl methyl sites for hydroxylation is 1. The molecule has 1 N–H and O–H groups in total. The number of methoxy groups -OCH3 is 2. The molecule has 13 heteroatoms. The van der Waals surface area contributed by atoms with Crippen LogP contribution in [-0.2, 0) is 22.7 Å². The van der Waals surface area contributed by atoms with Gasteiger partial charge in [0.15, 0.2) is 11.5 Å². The minimum absolute atomic E-state index is 0.0917. The SMILES string of the molecule is COCc1cc(C)n(CC(=O)N/N=C\c2ccc(OC)c(Oc3nc(Cl)ncc3F)c2)c(=O)c1C#N. The lowest BCUT2D eigenvalue weighted by molar-refractivity contribution is -0.121. The number of hydrogen-bond donors (Lipinski definition) is 1. The molecule has 0 aliphatic carbocycles. The number of amides is 1. The molecule has 0 saturated heterocycles. The van der Waals surface area contributed by atoms with Gasteiger partial charge >= 0.3 is 0 Å². The fourth-order valence-electron chi connectivity index (χ4n) is 3.14. The van der Waals surface area contributed by atoms with Gasteiger partial charge in [0.1, 0.15) is 18.2 Å². The number of ether oxygens (including phenoxy) is 3. The van der Waals surface area contributed by atoms with Crippen LogP contribution in [0.5, 0.6) is 17.4 Å². The Balaban J connectivity index is 1.74. The molecule has 0 saturated carbocycles. The zero-order valence-corrected chi connectivity index (χ0v) is 20.2. The highest BCUT2D eigenvalue weighted by atomic mass is 35.5. The summed E-state index contributed by atoms with van der Waals surface area (Å²) in [7, 11) is 2.86. The molecule has 36 heavy (non-hydrogen) atoms. The third-order valence-electron chi connectivity index (χ3n) is 4.78. The summed E-state index contributed by atoms with van der Waals surface area (Å²) in [5, 5.41) is 13.0. The van der Waals surface area contributed by atoms with Crippen LogP contribution in [0.4, 0.5) is 4.39 Å². The number of carbonyl (C=O) groups is 1. The van der Waals surface area contributed by atoms with Gasteiger partial charge in [-0.2, -0.15) is 19.7 Å². The predicted molar refractivity (Wildman–Crippen MR) is 127 cm³/mol. The molecule has 2 aromatic heterocycles. The summed E-state index contributed by atoms with van der Waals surface area (Å²) in [6, 6.07) is 8.12. The van der Waals surface area contributed by atoms with Crippen molar-refractivity contribution in [1.29, 1.82) is 5.26 Å². The molecule has 3 rings (SSSR count). The molecule has 0 aliphatic heterocycles. The van der Waals surface area contributed by atoms with Crippen LogP contribution < -0.4 is 20.5 Å². The van der Waals surface area contributed by atoms with Crippen LogP contribution in [0.25, 0.3) is 0 Å². The third-order valence-corrected chi connectivity index (χ3v) is 4.96. The normalized spacial score (nSPS) is 10.8. The Kier molecular flexibility index (Phi) is 8.66. The second kappa shape index (κ2) is 11.9. The molecule has 0 unspecified atom stereocenters. The molecule has 2 heterocycles. The van der Waals surface area contributed by atoms with Crippen molar-refractivity contribution >= 4 is 23.7 Å². The van der Waals surface area contributed by atoms with Gasteiger partial charge in [-0.05, 0) is 48.4 Å². The van der Waals surface area contributed by atoms with Gasteiger partial charge in [-0.3, -0.25) is 9.59 Å². The van der Waals surface area contributed by atoms with Crippen LogP contribution in [0.3, 0.4) is 0 Å². The number of nitrogens with one attached hydrogen (secondary N) is 1. The van der Waals surface area contributed by atoms with Crippen LogP contribution in [0, 0.1) is 24.1 Å². The number of rotatable bonds is 9. The van der Waals surface area contributed by atoms with Gasteiger partial charge < -0.3 is 18.8 Å². The first-order valence-electron chi connectivity index (χ1n) is 10.3. The summed E-state index contributed by atoms with van der Waals surface area (Å²) in [4.78, 5) is 32.2. The molecular weight excluding hydrogens is 495 g/mol. The molecule has 0 radical (unpaired) electrons. The maximum Gasteiger partial charge on any atom is 0.269 e. The van der Waals surface area contributed by atoms with E-state index in [0.29, 0.717) is 16.8 Å². The molecule has 0 atom stereocenters. The summed E-state index contributed by atoms with van der Waals surface area (Å²) in [5.74, 6) is -1.42. The average Bonchev–Trinajstić information content (AvgIpc) is 2.84. The summed E-state index contributed by atoms with van der Waals surface area (Å²) in [5.41, 5.74) is 3.02. The standard InChI is InChI=1S/C23H20ClFN6O5/c1-13-6-15(12-34-2)16(8-26)22(33)31(13)11-20(32)30-28-9-14-4-5-18(35-3)19(7-14)36-21-17(25)10-27-23(24)29-21/h4-7,9-10H,11-12H2,1-3H3,(H,30,32)/b28-9-. The summed E-state index contributed by atoms with van der Waals surface area (Å²) in [6.45, 7) is 1.39. The summed E-state index contributed by atoms with van der Waals surface area (Å²) < 4.78 is 30.8. The number of hydrazone groups is 1. The van der Waals surface area contributed by atoms with Gasteiger partial charge in [0.05, 0.1) is 26.1 Å². The molecule has 3 aromatic rings. The maximum absolute atomic E-state index is 14.0. The largest absolute Gasteiger partial charge is 0.493 e. The fourth-order valence-corrected chi connectivity index (χ4v) is 3.26. The van der Waals surface area contributed by atoms with E-state index in [1.807, 2.05) is 6.07 Å².